The van der Waals surface area contributed by atoms with Gasteiger partial charge < -0.3 is 11.1 Å². The zero-order chi connectivity index (χ0) is 10.1. The summed E-state index contributed by atoms with van der Waals surface area (Å²) in [6, 6.07) is 2.14. The molecule has 0 aliphatic carbocycles. The molecule has 3 N–H and O–H groups in total. The number of nitrogens with zero attached hydrogens (tertiary/aromatic N) is 2. The molecule has 78 valence electrons. The number of nitrogens with two attached hydrogens (primary N) is 1. The summed E-state index contributed by atoms with van der Waals surface area (Å²) in [5.74, 6) is 2.15. The fourth-order valence-corrected chi connectivity index (χ4v) is 1.72. The van der Waals surface area contributed by atoms with E-state index in [9.17, 15) is 0 Å². The Labute approximate surface area is 84.5 Å². The molecule has 4 heteroatoms. The molecule has 1 aliphatic heterocycles. The summed E-state index contributed by atoms with van der Waals surface area (Å²) in [5.41, 5.74) is 6.80. The Balaban J connectivity index is 2.21. The normalized spacial score (nSPS) is 20.7. The third-order valence-corrected chi connectivity index (χ3v) is 2.73. The molecule has 0 spiro atoms. The van der Waals surface area contributed by atoms with Crippen molar-refractivity contribution < 1.29 is 0 Å². The highest BCUT2D eigenvalue weighted by atomic mass is 15.3. The highest BCUT2D eigenvalue weighted by molar-refractivity contribution is 5.39. The summed E-state index contributed by atoms with van der Waals surface area (Å²) in [4.78, 5) is 0. The van der Waals surface area contributed by atoms with Crippen LogP contribution in [0.25, 0.3) is 0 Å². The second kappa shape index (κ2) is 3.61. The topological polar surface area (TPSA) is 55.9 Å². The van der Waals surface area contributed by atoms with Gasteiger partial charge in [0.2, 0.25) is 0 Å². The van der Waals surface area contributed by atoms with Gasteiger partial charge in [0.15, 0.2) is 0 Å². The van der Waals surface area contributed by atoms with Crippen molar-refractivity contribution in [2.24, 2.45) is 11.7 Å². The van der Waals surface area contributed by atoms with Crippen LogP contribution in [0.3, 0.4) is 0 Å². The molecule has 0 amide bonds. The Morgan fingerprint density at radius 1 is 1.71 bits per heavy atom. The maximum atomic E-state index is 5.65. The third kappa shape index (κ3) is 1.62. The monoisotopic (exact) mass is 194 g/mol. The van der Waals surface area contributed by atoms with E-state index >= 15 is 0 Å². The molecule has 1 aliphatic rings. The van der Waals surface area contributed by atoms with Gasteiger partial charge in [0.1, 0.15) is 5.82 Å². The van der Waals surface area contributed by atoms with E-state index in [0.29, 0.717) is 11.8 Å². The van der Waals surface area contributed by atoms with E-state index in [-0.39, 0.29) is 0 Å². The maximum absolute atomic E-state index is 5.65. The van der Waals surface area contributed by atoms with Gasteiger partial charge in [-0.25, -0.2) is 4.68 Å². The number of rotatable bonds is 2. The van der Waals surface area contributed by atoms with Crippen molar-refractivity contribution in [1.82, 2.24) is 9.78 Å². The van der Waals surface area contributed by atoms with Crippen LogP contribution >= 0.6 is 0 Å². The minimum atomic E-state index is 0.492. The molecule has 0 bridgehead atoms. The second-order valence-corrected chi connectivity index (χ2v) is 4.27. The van der Waals surface area contributed by atoms with E-state index in [1.54, 1.807) is 0 Å². The van der Waals surface area contributed by atoms with Crippen LogP contribution in [0, 0.1) is 5.92 Å². The summed E-state index contributed by atoms with van der Waals surface area (Å²) < 4.78 is 2.04. The summed E-state index contributed by atoms with van der Waals surface area (Å²) in [6.07, 6.45) is 0. The fraction of sp³-hybridized carbons (Fsp3) is 0.700. The number of nitrogens with one attached hydrogen (secondary N) is 1. The van der Waals surface area contributed by atoms with Crippen molar-refractivity contribution in [1.29, 1.82) is 0 Å². The van der Waals surface area contributed by atoms with Crippen molar-refractivity contribution in [2.75, 3.05) is 18.4 Å². The smallest absolute Gasteiger partial charge is 0.124 e. The molecule has 1 atom stereocenters. The van der Waals surface area contributed by atoms with Crippen LogP contribution in [0.15, 0.2) is 6.07 Å². The van der Waals surface area contributed by atoms with Crippen LogP contribution in [0.5, 0.6) is 0 Å². The van der Waals surface area contributed by atoms with E-state index in [1.807, 2.05) is 4.68 Å². The van der Waals surface area contributed by atoms with Crippen LogP contribution < -0.4 is 11.1 Å². The molecule has 0 saturated carbocycles. The van der Waals surface area contributed by atoms with Crippen LogP contribution in [0.1, 0.15) is 25.5 Å². The van der Waals surface area contributed by atoms with E-state index in [2.05, 4.69) is 30.3 Å². The third-order valence-electron chi connectivity index (χ3n) is 2.73. The molecule has 14 heavy (non-hydrogen) atoms. The molecule has 0 radical (unpaired) electrons. The first-order valence-corrected chi connectivity index (χ1v) is 5.22. The van der Waals surface area contributed by atoms with Gasteiger partial charge in [-0.15, -0.1) is 0 Å². The van der Waals surface area contributed by atoms with E-state index in [4.69, 9.17) is 5.73 Å². The predicted molar refractivity (Wildman–Crippen MR) is 57.4 cm³/mol. The highest BCUT2D eigenvalue weighted by Crippen LogP contribution is 2.22. The average Bonchev–Trinajstić information content (AvgIpc) is 2.59. The van der Waals surface area contributed by atoms with Gasteiger partial charge in [-0.3, -0.25) is 0 Å². The Morgan fingerprint density at radius 2 is 2.50 bits per heavy atom. The first-order chi connectivity index (χ1) is 6.70. The van der Waals surface area contributed by atoms with E-state index in [1.165, 1.54) is 0 Å². The lowest BCUT2D eigenvalue weighted by atomic mass is 10.1. The number of hydrogen-bond donors (Lipinski definition) is 2. The molecule has 1 unspecified atom stereocenters. The molecular formula is C10H18N4. The summed E-state index contributed by atoms with van der Waals surface area (Å²) in [5, 5.41) is 7.91. The zero-order valence-electron chi connectivity index (χ0n) is 8.83. The van der Waals surface area contributed by atoms with Gasteiger partial charge in [-0.05, 0) is 12.5 Å². The molecule has 1 aromatic rings. The van der Waals surface area contributed by atoms with Gasteiger partial charge in [-0.1, -0.05) is 13.8 Å². The molecular weight excluding hydrogens is 176 g/mol. The zero-order valence-corrected chi connectivity index (χ0v) is 8.83. The summed E-state index contributed by atoms with van der Waals surface area (Å²) in [6.45, 7) is 6.97. The Bertz CT molecular complexity index is 316. The minimum absolute atomic E-state index is 0.492. The number of fused-ring (bicyclic) bond motifs is 1. The molecule has 4 nitrogen and oxygen atoms in total. The van der Waals surface area contributed by atoms with Crippen LogP contribution in [-0.2, 0) is 6.54 Å². The molecule has 2 heterocycles. The van der Waals surface area contributed by atoms with Gasteiger partial charge in [0.05, 0.1) is 5.69 Å². The van der Waals surface area contributed by atoms with Crippen molar-refractivity contribution in [3.8, 4) is 0 Å². The first-order valence-electron chi connectivity index (χ1n) is 5.22. The molecule has 0 saturated heterocycles. The molecule has 1 aromatic heterocycles. The fourth-order valence-electron chi connectivity index (χ4n) is 1.72. The Hall–Kier alpha value is -1.03. The SMILES string of the molecule is CC(C)c1cc2n(n1)CC(CN)CN2. The van der Waals surface area contributed by atoms with Gasteiger partial charge in [-0.2, -0.15) is 5.10 Å². The van der Waals surface area contributed by atoms with E-state index < -0.39 is 0 Å². The van der Waals surface area contributed by atoms with Crippen molar-refractivity contribution in [3.63, 3.8) is 0 Å². The van der Waals surface area contributed by atoms with Crippen molar-refractivity contribution in [2.45, 2.75) is 26.3 Å². The van der Waals surface area contributed by atoms with Gasteiger partial charge in [0.25, 0.3) is 0 Å². The lowest BCUT2D eigenvalue weighted by molar-refractivity contribution is 0.420. The number of aromatic nitrogens is 2. The highest BCUT2D eigenvalue weighted by Gasteiger charge is 2.19. The van der Waals surface area contributed by atoms with Crippen LogP contribution in [0.4, 0.5) is 5.82 Å². The average molecular weight is 194 g/mol. The van der Waals surface area contributed by atoms with Crippen LogP contribution in [-0.4, -0.2) is 22.9 Å². The van der Waals surface area contributed by atoms with E-state index in [0.717, 1.165) is 31.1 Å². The van der Waals surface area contributed by atoms with Crippen LogP contribution in [0.2, 0.25) is 0 Å². The Kier molecular flexibility index (Phi) is 2.46. The standard InChI is InChI=1S/C10H18N4/c1-7(2)9-3-10-12-5-8(4-11)6-14(10)13-9/h3,7-8,12H,4-6,11H2,1-2H3. The van der Waals surface area contributed by atoms with Crippen molar-refractivity contribution in [3.05, 3.63) is 11.8 Å². The number of hydrogen-bond acceptors (Lipinski definition) is 3. The van der Waals surface area contributed by atoms with Gasteiger partial charge >= 0.3 is 0 Å². The molecule has 2 rings (SSSR count). The lowest BCUT2D eigenvalue weighted by Crippen LogP contribution is -2.32. The van der Waals surface area contributed by atoms with Gasteiger partial charge in [0, 0.05) is 25.1 Å². The molecule has 0 fully saturated rings. The van der Waals surface area contributed by atoms with Crippen molar-refractivity contribution >= 4 is 5.82 Å². The molecule has 0 aromatic carbocycles. The lowest BCUT2D eigenvalue weighted by Gasteiger charge is -2.23. The summed E-state index contributed by atoms with van der Waals surface area (Å²) >= 11 is 0. The number of anilines is 1. The predicted octanol–water partition coefficient (Wildman–Crippen LogP) is 1.01. The Morgan fingerprint density at radius 3 is 3.14 bits per heavy atom. The maximum Gasteiger partial charge on any atom is 0.124 e. The summed E-state index contributed by atoms with van der Waals surface area (Å²) in [7, 11) is 0. The first kappa shape index (κ1) is 9.52. The second-order valence-electron chi connectivity index (χ2n) is 4.27. The largest absolute Gasteiger partial charge is 0.370 e. The minimum Gasteiger partial charge on any atom is -0.370 e. The quantitative estimate of drug-likeness (QED) is 0.738.